The van der Waals surface area contributed by atoms with Crippen molar-refractivity contribution in [2.45, 2.75) is 18.8 Å². The molecule has 0 amide bonds. The van der Waals surface area contributed by atoms with Crippen LogP contribution in [0.2, 0.25) is 0 Å². The highest BCUT2D eigenvalue weighted by atomic mass is 19.1. The number of phenolic OH excluding ortho intramolecular Hbond substituents is 1. The summed E-state index contributed by atoms with van der Waals surface area (Å²) in [5, 5.41) is 8.87. The number of hydrogen-bond donors (Lipinski definition) is 1. The molecule has 2 rings (SSSR count). The highest BCUT2D eigenvalue weighted by Gasteiger charge is 2.23. The Morgan fingerprint density at radius 3 is 2.64 bits per heavy atom. The van der Waals surface area contributed by atoms with E-state index in [4.69, 9.17) is 5.11 Å². The number of aromatic hydroxyl groups is 1. The molecule has 0 atom stereocenters. The van der Waals surface area contributed by atoms with Crippen LogP contribution in [0.3, 0.4) is 0 Å². The molecule has 1 aliphatic rings. The summed E-state index contributed by atoms with van der Waals surface area (Å²) >= 11 is 0. The van der Waals surface area contributed by atoms with E-state index in [1.807, 2.05) is 0 Å². The van der Waals surface area contributed by atoms with Gasteiger partial charge in [-0.3, -0.25) is 0 Å². The van der Waals surface area contributed by atoms with Crippen LogP contribution in [0.1, 0.15) is 24.3 Å². The zero-order chi connectivity index (χ0) is 7.84. The predicted octanol–water partition coefficient (Wildman–Crippen LogP) is 2.41. The SMILES string of the molecule is Oc1ccc(C2CC2)cc1F. The van der Waals surface area contributed by atoms with Crippen molar-refractivity contribution >= 4 is 0 Å². The topological polar surface area (TPSA) is 20.2 Å². The van der Waals surface area contributed by atoms with Crippen LogP contribution in [0.25, 0.3) is 0 Å². The maximum absolute atomic E-state index is 12.7. The van der Waals surface area contributed by atoms with Gasteiger partial charge in [-0.05, 0) is 36.5 Å². The molecule has 1 nitrogen and oxygen atoms in total. The van der Waals surface area contributed by atoms with Gasteiger partial charge in [0.2, 0.25) is 0 Å². The highest BCUT2D eigenvalue weighted by Crippen LogP contribution is 2.40. The molecule has 1 N–H and O–H groups in total. The fourth-order valence-corrected chi connectivity index (χ4v) is 1.19. The molecular formula is C9H9FO. The molecule has 1 saturated carbocycles. The third-order valence-electron chi connectivity index (χ3n) is 2.02. The lowest BCUT2D eigenvalue weighted by molar-refractivity contribution is 0.432. The Morgan fingerprint density at radius 2 is 2.09 bits per heavy atom. The highest BCUT2D eigenvalue weighted by molar-refractivity contribution is 5.31. The summed E-state index contributed by atoms with van der Waals surface area (Å²) in [6.07, 6.45) is 2.31. The van der Waals surface area contributed by atoms with Gasteiger partial charge in [0.05, 0.1) is 0 Å². The van der Waals surface area contributed by atoms with Gasteiger partial charge < -0.3 is 5.11 Å². The first-order valence-corrected chi connectivity index (χ1v) is 3.76. The van der Waals surface area contributed by atoms with Gasteiger partial charge in [-0.25, -0.2) is 4.39 Å². The van der Waals surface area contributed by atoms with Crippen molar-refractivity contribution < 1.29 is 9.50 Å². The van der Waals surface area contributed by atoms with Crippen molar-refractivity contribution in [3.8, 4) is 5.75 Å². The standard InChI is InChI=1S/C9H9FO/c10-8-5-7(6-1-2-6)3-4-9(8)11/h3-6,11H,1-2H2. The predicted molar refractivity (Wildman–Crippen MR) is 40.0 cm³/mol. The third kappa shape index (κ3) is 1.20. The fraction of sp³-hybridized carbons (Fsp3) is 0.333. The summed E-state index contributed by atoms with van der Waals surface area (Å²) in [5.41, 5.74) is 1.01. The summed E-state index contributed by atoms with van der Waals surface area (Å²) in [6, 6.07) is 4.63. The first-order chi connectivity index (χ1) is 5.27. The lowest BCUT2D eigenvalue weighted by Crippen LogP contribution is -1.81. The Bertz CT molecular complexity index is 279. The van der Waals surface area contributed by atoms with Crippen LogP contribution in [0.5, 0.6) is 5.75 Å². The Labute approximate surface area is 64.5 Å². The van der Waals surface area contributed by atoms with E-state index in [0.717, 1.165) is 18.4 Å². The molecule has 0 aliphatic heterocycles. The van der Waals surface area contributed by atoms with Crippen molar-refractivity contribution in [2.75, 3.05) is 0 Å². The van der Waals surface area contributed by atoms with Gasteiger partial charge in [-0.2, -0.15) is 0 Å². The summed E-state index contributed by atoms with van der Waals surface area (Å²) < 4.78 is 12.7. The summed E-state index contributed by atoms with van der Waals surface area (Å²) in [7, 11) is 0. The Balaban J connectivity index is 2.36. The average Bonchev–Trinajstić information content (AvgIpc) is 2.77. The maximum atomic E-state index is 12.7. The zero-order valence-corrected chi connectivity index (χ0v) is 6.05. The Hall–Kier alpha value is -1.05. The molecule has 1 aromatic carbocycles. The van der Waals surface area contributed by atoms with Gasteiger partial charge in [0.25, 0.3) is 0 Å². The molecule has 1 aromatic rings. The largest absolute Gasteiger partial charge is 0.505 e. The molecule has 0 heterocycles. The molecule has 0 unspecified atom stereocenters. The molecule has 0 saturated heterocycles. The quantitative estimate of drug-likeness (QED) is 0.655. The van der Waals surface area contributed by atoms with Crippen molar-refractivity contribution in [1.29, 1.82) is 0 Å². The smallest absolute Gasteiger partial charge is 0.165 e. The van der Waals surface area contributed by atoms with Gasteiger partial charge >= 0.3 is 0 Å². The van der Waals surface area contributed by atoms with E-state index in [-0.39, 0.29) is 5.75 Å². The number of hydrogen-bond acceptors (Lipinski definition) is 1. The van der Waals surface area contributed by atoms with Crippen molar-refractivity contribution in [2.24, 2.45) is 0 Å². The number of benzene rings is 1. The van der Waals surface area contributed by atoms with E-state index in [1.54, 1.807) is 6.07 Å². The maximum Gasteiger partial charge on any atom is 0.165 e. The van der Waals surface area contributed by atoms with Crippen LogP contribution in [0.15, 0.2) is 18.2 Å². The number of rotatable bonds is 1. The van der Waals surface area contributed by atoms with Crippen LogP contribution >= 0.6 is 0 Å². The normalized spacial score (nSPS) is 16.8. The van der Waals surface area contributed by atoms with Gasteiger partial charge in [0, 0.05) is 0 Å². The first kappa shape index (κ1) is 6.65. The Morgan fingerprint density at radius 1 is 1.36 bits per heavy atom. The minimum Gasteiger partial charge on any atom is -0.505 e. The van der Waals surface area contributed by atoms with Crippen LogP contribution in [-0.4, -0.2) is 5.11 Å². The second-order valence-electron chi connectivity index (χ2n) is 2.99. The van der Waals surface area contributed by atoms with Crippen molar-refractivity contribution in [3.05, 3.63) is 29.6 Å². The van der Waals surface area contributed by atoms with E-state index in [2.05, 4.69) is 0 Å². The molecule has 1 aliphatic carbocycles. The second-order valence-corrected chi connectivity index (χ2v) is 2.99. The van der Waals surface area contributed by atoms with E-state index < -0.39 is 5.82 Å². The molecular weight excluding hydrogens is 143 g/mol. The van der Waals surface area contributed by atoms with Gasteiger partial charge in [-0.15, -0.1) is 0 Å². The third-order valence-corrected chi connectivity index (χ3v) is 2.02. The van der Waals surface area contributed by atoms with Crippen LogP contribution in [-0.2, 0) is 0 Å². The average molecular weight is 152 g/mol. The first-order valence-electron chi connectivity index (χ1n) is 3.76. The molecule has 0 bridgehead atoms. The van der Waals surface area contributed by atoms with Gasteiger partial charge in [0.15, 0.2) is 11.6 Å². The van der Waals surface area contributed by atoms with Crippen molar-refractivity contribution in [1.82, 2.24) is 0 Å². The lowest BCUT2D eigenvalue weighted by Gasteiger charge is -1.98. The molecule has 58 valence electrons. The summed E-state index contributed by atoms with van der Waals surface area (Å²) in [4.78, 5) is 0. The lowest BCUT2D eigenvalue weighted by atomic mass is 10.1. The summed E-state index contributed by atoms with van der Waals surface area (Å²) in [5.74, 6) is -0.214. The minimum atomic E-state index is -0.505. The minimum absolute atomic E-state index is 0.255. The van der Waals surface area contributed by atoms with Crippen LogP contribution < -0.4 is 0 Å². The molecule has 2 heteroatoms. The fourth-order valence-electron chi connectivity index (χ4n) is 1.19. The monoisotopic (exact) mass is 152 g/mol. The van der Waals surface area contributed by atoms with Gasteiger partial charge in [-0.1, -0.05) is 6.07 Å². The summed E-state index contributed by atoms with van der Waals surface area (Å²) in [6.45, 7) is 0. The number of halogens is 1. The van der Waals surface area contributed by atoms with E-state index in [0.29, 0.717) is 5.92 Å². The van der Waals surface area contributed by atoms with Gasteiger partial charge in [0.1, 0.15) is 0 Å². The second kappa shape index (κ2) is 2.22. The van der Waals surface area contributed by atoms with Crippen LogP contribution in [0, 0.1) is 5.82 Å². The Kier molecular flexibility index (Phi) is 1.34. The number of phenols is 1. The van der Waals surface area contributed by atoms with E-state index in [1.165, 1.54) is 12.1 Å². The molecule has 0 aromatic heterocycles. The van der Waals surface area contributed by atoms with E-state index in [9.17, 15) is 4.39 Å². The van der Waals surface area contributed by atoms with Crippen LogP contribution in [0.4, 0.5) is 4.39 Å². The zero-order valence-electron chi connectivity index (χ0n) is 6.05. The molecule has 1 fully saturated rings. The van der Waals surface area contributed by atoms with Crippen molar-refractivity contribution in [3.63, 3.8) is 0 Å². The van der Waals surface area contributed by atoms with E-state index >= 15 is 0 Å². The molecule has 0 spiro atoms. The molecule has 0 radical (unpaired) electrons. The molecule has 11 heavy (non-hydrogen) atoms.